The number of hydrogen-bond donors (Lipinski definition) is 2. The van der Waals surface area contributed by atoms with Gasteiger partial charge in [-0.1, -0.05) is 71.8 Å². The Labute approximate surface area is 185 Å². The van der Waals surface area contributed by atoms with Crippen molar-refractivity contribution in [3.63, 3.8) is 0 Å². The molecule has 0 bridgehead atoms. The van der Waals surface area contributed by atoms with Gasteiger partial charge in [-0.2, -0.15) is 0 Å². The molecule has 0 aromatic rings. The van der Waals surface area contributed by atoms with E-state index in [4.69, 9.17) is 0 Å². The molecule has 6 unspecified atom stereocenters. The number of aliphatic hydroxyl groups excluding tert-OH is 2. The van der Waals surface area contributed by atoms with Crippen LogP contribution in [0.2, 0.25) is 0 Å². The third kappa shape index (κ3) is 5.30. The zero-order chi connectivity index (χ0) is 22.1. The minimum atomic E-state index is -0.597. The van der Waals surface area contributed by atoms with Crippen LogP contribution in [0.25, 0.3) is 0 Å². The average molecular weight is 415 g/mol. The Morgan fingerprint density at radius 2 is 1.93 bits per heavy atom. The van der Waals surface area contributed by atoms with Crippen molar-refractivity contribution in [2.24, 2.45) is 28.6 Å². The normalized spacial score (nSPS) is 38.8. The SMILES string of the molecule is C=C1/C(=C\C=C2/CCCC3(C)C2CCC3C(C)CCCC(C)(C)C)CC(O)CC1O. The summed E-state index contributed by atoms with van der Waals surface area (Å²) in [6.07, 6.45) is 15.1. The first-order valence-electron chi connectivity index (χ1n) is 12.5. The van der Waals surface area contributed by atoms with E-state index in [1.807, 2.05) is 0 Å². The molecular formula is C28H46O2. The minimum Gasteiger partial charge on any atom is -0.393 e. The molecule has 0 aromatic carbocycles. The van der Waals surface area contributed by atoms with E-state index in [-0.39, 0.29) is 0 Å². The summed E-state index contributed by atoms with van der Waals surface area (Å²) >= 11 is 0. The van der Waals surface area contributed by atoms with Crippen LogP contribution in [0.15, 0.2) is 35.5 Å². The molecule has 3 fully saturated rings. The Kier molecular flexibility index (Phi) is 7.40. The van der Waals surface area contributed by atoms with Crippen LogP contribution in [-0.2, 0) is 0 Å². The lowest BCUT2D eigenvalue weighted by Crippen LogP contribution is -2.36. The maximum Gasteiger partial charge on any atom is 0.0811 e. The summed E-state index contributed by atoms with van der Waals surface area (Å²) in [4.78, 5) is 0. The Bertz CT molecular complexity index is 679. The molecule has 0 spiro atoms. The summed E-state index contributed by atoms with van der Waals surface area (Å²) in [6, 6.07) is 0. The van der Waals surface area contributed by atoms with Gasteiger partial charge in [0.15, 0.2) is 0 Å². The highest BCUT2D eigenvalue weighted by Gasteiger charge is 2.50. The number of allylic oxidation sites excluding steroid dienone is 3. The van der Waals surface area contributed by atoms with Crippen molar-refractivity contribution in [1.82, 2.24) is 0 Å². The molecule has 0 amide bonds. The molecular weight excluding hydrogens is 368 g/mol. The van der Waals surface area contributed by atoms with Gasteiger partial charge in [-0.3, -0.25) is 0 Å². The van der Waals surface area contributed by atoms with E-state index in [9.17, 15) is 10.2 Å². The van der Waals surface area contributed by atoms with E-state index in [1.165, 1.54) is 51.4 Å². The largest absolute Gasteiger partial charge is 0.393 e. The average Bonchev–Trinajstić information content (AvgIpc) is 3.00. The summed E-state index contributed by atoms with van der Waals surface area (Å²) in [5.41, 5.74) is 4.31. The standard InChI is InChI=1S/C28H46O2/c1-19(9-7-15-27(3,4)5)24-13-14-25-21(10-8-16-28(24,25)6)11-12-22-17-23(29)18-26(30)20(22)2/h11-12,19,23-26,29-30H,2,7-10,13-18H2,1,3-6H3/b21-11+,22-12-. The summed E-state index contributed by atoms with van der Waals surface area (Å²) in [6.45, 7) is 16.2. The van der Waals surface area contributed by atoms with Crippen molar-refractivity contribution < 1.29 is 10.2 Å². The highest BCUT2D eigenvalue weighted by Crippen LogP contribution is 2.60. The van der Waals surface area contributed by atoms with Crippen molar-refractivity contribution in [3.8, 4) is 0 Å². The second-order valence-electron chi connectivity index (χ2n) is 12.1. The summed E-state index contributed by atoms with van der Waals surface area (Å²) in [5, 5.41) is 20.2. The van der Waals surface area contributed by atoms with Crippen LogP contribution >= 0.6 is 0 Å². The van der Waals surface area contributed by atoms with E-state index < -0.39 is 12.2 Å². The molecule has 3 saturated carbocycles. The minimum absolute atomic E-state index is 0.419. The fourth-order valence-electron chi connectivity index (χ4n) is 6.83. The van der Waals surface area contributed by atoms with Crippen LogP contribution in [0.5, 0.6) is 0 Å². The first-order valence-corrected chi connectivity index (χ1v) is 12.5. The number of fused-ring (bicyclic) bond motifs is 1. The van der Waals surface area contributed by atoms with E-state index in [1.54, 1.807) is 5.57 Å². The van der Waals surface area contributed by atoms with Gasteiger partial charge in [0, 0.05) is 6.42 Å². The number of rotatable bonds is 5. The van der Waals surface area contributed by atoms with E-state index >= 15 is 0 Å². The lowest BCUT2D eigenvalue weighted by molar-refractivity contribution is 0.0861. The highest BCUT2D eigenvalue weighted by molar-refractivity contribution is 5.38. The predicted molar refractivity (Wildman–Crippen MR) is 127 cm³/mol. The Hall–Kier alpha value is -0.860. The lowest BCUT2D eigenvalue weighted by atomic mass is 9.60. The van der Waals surface area contributed by atoms with Gasteiger partial charge >= 0.3 is 0 Å². The maximum atomic E-state index is 10.1. The second-order valence-corrected chi connectivity index (χ2v) is 12.1. The van der Waals surface area contributed by atoms with Gasteiger partial charge in [-0.25, -0.2) is 0 Å². The molecule has 3 aliphatic carbocycles. The van der Waals surface area contributed by atoms with Crippen LogP contribution in [0, 0.1) is 28.6 Å². The van der Waals surface area contributed by atoms with E-state index in [0.29, 0.717) is 29.6 Å². The van der Waals surface area contributed by atoms with Gasteiger partial charge in [0.25, 0.3) is 0 Å². The molecule has 3 aliphatic rings. The molecule has 0 heterocycles. The second kappa shape index (κ2) is 9.33. The maximum absolute atomic E-state index is 10.1. The summed E-state index contributed by atoms with van der Waals surface area (Å²) < 4.78 is 0. The molecule has 6 atom stereocenters. The van der Waals surface area contributed by atoms with Crippen molar-refractivity contribution in [2.45, 2.75) is 111 Å². The zero-order valence-corrected chi connectivity index (χ0v) is 20.2. The topological polar surface area (TPSA) is 40.5 Å². The molecule has 30 heavy (non-hydrogen) atoms. The van der Waals surface area contributed by atoms with Gasteiger partial charge in [0.1, 0.15) is 0 Å². The first-order chi connectivity index (χ1) is 14.0. The smallest absolute Gasteiger partial charge is 0.0811 e. The molecule has 3 rings (SSSR count). The molecule has 0 aliphatic heterocycles. The third-order valence-corrected chi connectivity index (χ3v) is 8.58. The van der Waals surface area contributed by atoms with Crippen LogP contribution in [0.1, 0.15) is 98.8 Å². The monoisotopic (exact) mass is 414 g/mol. The zero-order valence-electron chi connectivity index (χ0n) is 20.2. The molecule has 2 N–H and O–H groups in total. The van der Waals surface area contributed by atoms with Crippen LogP contribution in [0.4, 0.5) is 0 Å². The number of hydrogen-bond acceptors (Lipinski definition) is 2. The van der Waals surface area contributed by atoms with Crippen LogP contribution in [0.3, 0.4) is 0 Å². The van der Waals surface area contributed by atoms with Gasteiger partial charge < -0.3 is 10.2 Å². The molecule has 170 valence electrons. The lowest BCUT2D eigenvalue weighted by Gasteiger charge is -2.44. The molecule has 0 saturated heterocycles. The fraction of sp³-hybridized carbons (Fsp3) is 0.786. The summed E-state index contributed by atoms with van der Waals surface area (Å²) in [5.74, 6) is 2.35. The Balaban J connectivity index is 1.70. The van der Waals surface area contributed by atoms with Crippen LogP contribution < -0.4 is 0 Å². The molecule has 0 aromatic heterocycles. The van der Waals surface area contributed by atoms with Crippen molar-refractivity contribution in [1.29, 1.82) is 0 Å². The quantitative estimate of drug-likeness (QED) is 0.509. The highest BCUT2D eigenvalue weighted by atomic mass is 16.3. The molecule has 2 heteroatoms. The van der Waals surface area contributed by atoms with Crippen molar-refractivity contribution in [2.75, 3.05) is 0 Å². The van der Waals surface area contributed by atoms with E-state index in [0.717, 1.165) is 23.0 Å². The van der Waals surface area contributed by atoms with Crippen molar-refractivity contribution >= 4 is 0 Å². The Morgan fingerprint density at radius 1 is 1.20 bits per heavy atom. The Morgan fingerprint density at radius 3 is 2.63 bits per heavy atom. The third-order valence-electron chi connectivity index (χ3n) is 8.58. The van der Waals surface area contributed by atoms with Gasteiger partial charge in [0.2, 0.25) is 0 Å². The fourth-order valence-corrected chi connectivity index (χ4v) is 6.83. The van der Waals surface area contributed by atoms with Gasteiger partial charge in [-0.15, -0.1) is 0 Å². The predicted octanol–water partition coefficient (Wildman–Crippen LogP) is 6.98. The summed E-state index contributed by atoms with van der Waals surface area (Å²) in [7, 11) is 0. The number of aliphatic hydroxyl groups is 2. The van der Waals surface area contributed by atoms with Gasteiger partial charge in [-0.05, 0) is 84.7 Å². The molecule has 2 nitrogen and oxygen atoms in total. The van der Waals surface area contributed by atoms with Crippen molar-refractivity contribution in [3.05, 3.63) is 35.5 Å². The van der Waals surface area contributed by atoms with E-state index in [2.05, 4.69) is 53.3 Å². The van der Waals surface area contributed by atoms with Crippen LogP contribution in [-0.4, -0.2) is 22.4 Å². The molecule has 0 radical (unpaired) electrons. The first kappa shape index (κ1) is 23.8. The van der Waals surface area contributed by atoms with Gasteiger partial charge in [0.05, 0.1) is 12.2 Å².